The minimum atomic E-state index is -4.45. The van der Waals surface area contributed by atoms with Gasteiger partial charge in [-0.15, -0.1) is 0 Å². The van der Waals surface area contributed by atoms with Crippen LogP contribution in [0, 0.1) is 0 Å². The Bertz CT molecular complexity index is 564. The monoisotopic (exact) mass is 276 g/mol. The molecule has 2 N–H and O–H groups in total. The number of hydrogen-bond donors (Lipinski definition) is 1. The molecule has 0 saturated heterocycles. The van der Waals surface area contributed by atoms with Crippen molar-refractivity contribution in [3.8, 4) is 0 Å². The summed E-state index contributed by atoms with van der Waals surface area (Å²) in [5, 5.41) is 3.84. The summed E-state index contributed by atoms with van der Waals surface area (Å²) in [6.45, 7) is 0.161. The lowest BCUT2D eigenvalue weighted by Gasteiger charge is -2.09. The fraction of sp³-hybridized carbons (Fsp3) is 0.200. The lowest BCUT2D eigenvalue weighted by Crippen LogP contribution is -2.08. The number of halogens is 4. The van der Waals surface area contributed by atoms with E-state index in [0.717, 1.165) is 12.3 Å². The average molecular weight is 277 g/mol. The van der Waals surface area contributed by atoms with Crippen LogP contribution < -0.4 is 5.73 Å². The number of anilines is 1. The molecule has 2 aromatic rings. The minimum Gasteiger partial charge on any atom is -0.396 e. The molecule has 8 heteroatoms. The number of nitrogens with zero attached hydrogens (tertiary/aromatic N) is 3. The molecule has 96 valence electrons. The number of rotatable bonds is 2. The smallest absolute Gasteiger partial charge is 0.396 e. The van der Waals surface area contributed by atoms with E-state index < -0.39 is 11.7 Å². The molecule has 0 amide bonds. The molecule has 0 aromatic carbocycles. The van der Waals surface area contributed by atoms with E-state index in [4.69, 9.17) is 17.3 Å². The molecule has 0 aliphatic rings. The van der Waals surface area contributed by atoms with Gasteiger partial charge in [0.2, 0.25) is 0 Å². The molecule has 0 atom stereocenters. The van der Waals surface area contributed by atoms with Gasteiger partial charge in [-0.25, -0.2) is 0 Å². The SMILES string of the molecule is Nc1cnn(Cc2ncc(C(F)(F)F)cc2Cl)c1. The van der Waals surface area contributed by atoms with Crippen molar-refractivity contribution in [3.05, 3.63) is 40.9 Å². The number of nitrogens with two attached hydrogens (primary N) is 1. The summed E-state index contributed by atoms with van der Waals surface area (Å²) in [5.41, 5.74) is 5.34. The zero-order valence-corrected chi connectivity index (χ0v) is 9.70. The third kappa shape index (κ3) is 2.73. The highest BCUT2D eigenvalue weighted by Gasteiger charge is 2.31. The Labute approximate surface area is 105 Å². The van der Waals surface area contributed by atoms with E-state index in [1.165, 1.54) is 17.1 Å². The molecule has 2 aromatic heterocycles. The largest absolute Gasteiger partial charge is 0.417 e. The zero-order chi connectivity index (χ0) is 13.3. The maximum atomic E-state index is 12.4. The van der Waals surface area contributed by atoms with Crippen LogP contribution in [-0.2, 0) is 12.7 Å². The lowest BCUT2D eigenvalue weighted by molar-refractivity contribution is -0.137. The Kier molecular flexibility index (Phi) is 3.16. The van der Waals surface area contributed by atoms with E-state index in [1.807, 2.05) is 0 Å². The quantitative estimate of drug-likeness (QED) is 0.917. The third-order valence-electron chi connectivity index (χ3n) is 2.21. The van der Waals surface area contributed by atoms with Gasteiger partial charge in [0.05, 0.1) is 34.7 Å². The molecule has 0 fully saturated rings. The molecule has 0 unspecified atom stereocenters. The Morgan fingerprint density at radius 1 is 1.33 bits per heavy atom. The van der Waals surface area contributed by atoms with E-state index in [9.17, 15) is 13.2 Å². The van der Waals surface area contributed by atoms with Crippen LogP contribution in [0.2, 0.25) is 5.02 Å². The molecule has 0 bridgehead atoms. The van der Waals surface area contributed by atoms with Gasteiger partial charge in [-0.3, -0.25) is 9.67 Å². The van der Waals surface area contributed by atoms with Crippen LogP contribution in [0.4, 0.5) is 18.9 Å². The first-order valence-electron chi connectivity index (χ1n) is 4.86. The predicted molar refractivity (Wildman–Crippen MR) is 60.0 cm³/mol. The van der Waals surface area contributed by atoms with Gasteiger partial charge < -0.3 is 5.73 Å². The van der Waals surface area contributed by atoms with Crippen LogP contribution in [0.3, 0.4) is 0 Å². The van der Waals surface area contributed by atoms with Gasteiger partial charge in [0.1, 0.15) is 0 Å². The molecule has 0 spiro atoms. The van der Waals surface area contributed by atoms with Crippen molar-refractivity contribution in [2.24, 2.45) is 0 Å². The van der Waals surface area contributed by atoms with Crippen molar-refractivity contribution in [1.29, 1.82) is 0 Å². The molecule has 2 rings (SSSR count). The number of alkyl halides is 3. The van der Waals surface area contributed by atoms with Crippen LogP contribution in [0.15, 0.2) is 24.7 Å². The van der Waals surface area contributed by atoms with Crippen LogP contribution in [0.25, 0.3) is 0 Å². The molecule has 2 heterocycles. The second-order valence-electron chi connectivity index (χ2n) is 3.62. The van der Waals surface area contributed by atoms with Gasteiger partial charge in [0.15, 0.2) is 0 Å². The highest BCUT2D eigenvalue weighted by molar-refractivity contribution is 6.31. The number of pyridine rings is 1. The second kappa shape index (κ2) is 4.49. The van der Waals surface area contributed by atoms with E-state index >= 15 is 0 Å². The Hall–Kier alpha value is -1.76. The fourth-order valence-corrected chi connectivity index (χ4v) is 1.58. The molecular weight excluding hydrogens is 269 g/mol. The van der Waals surface area contributed by atoms with Crippen molar-refractivity contribution in [2.75, 3.05) is 5.73 Å². The average Bonchev–Trinajstić information content (AvgIpc) is 2.65. The third-order valence-corrected chi connectivity index (χ3v) is 2.54. The molecule has 18 heavy (non-hydrogen) atoms. The van der Waals surface area contributed by atoms with Crippen molar-refractivity contribution in [3.63, 3.8) is 0 Å². The predicted octanol–water partition coefficient (Wildman–Crippen LogP) is 2.58. The number of hydrogen-bond acceptors (Lipinski definition) is 3. The summed E-state index contributed by atoms with van der Waals surface area (Å²) in [6.07, 6.45) is -0.743. The van der Waals surface area contributed by atoms with Gasteiger partial charge in [-0.05, 0) is 6.07 Å². The van der Waals surface area contributed by atoms with Gasteiger partial charge in [-0.1, -0.05) is 11.6 Å². The van der Waals surface area contributed by atoms with E-state index in [2.05, 4.69) is 10.1 Å². The maximum Gasteiger partial charge on any atom is 0.417 e. The summed E-state index contributed by atoms with van der Waals surface area (Å²) in [5.74, 6) is 0. The first kappa shape index (κ1) is 12.7. The Morgan fingerprint density at radius 3 is 2.56 bits per heavy atom. The van der Waals surface area contributed by atoms with Crippen LogP contribution in [0.1, 0.15) is 11.3 Å². The topological polar surface area (TPSA) is 56.7 Å². The fourth-order valence-electron chi connectivity index (χ4n) is 1.36. The van der Waals surface area contributed by atoms with Gasteiger partial charge in [-0.2, -0.15) is 18.3 Å². The maximum absolute atomic E-state index is 12.4. The molecule has 0 saturated carbocycles. The minimum absolute atomic E-state index is 0.0566. The molecule has 0 aliphatic carbocycles. The highest BCUT2D eigenvalue weighted by Crippen LogP contribution is 2.31. The summed E-state index contributed by atoms with van der Waals surface area (Å²) in [6, 6.07) is 0.844. The number of aromatic nitrogens is 3. The van der Waals surface area contributed by atoms with Crippen LogP contribution >= 0.6 is 11.6 Å². The first-order chi connectivity index (χ1) is 8.36. The standard InChI is InChI=1S/C10H8ClF3N4/c11-8-1-6(10(12,13)14)2-16-9(8)5-18-4-7(15)3-17-18/h1-4H,5,15H2. The van der Waals surface area contributed by atoms with E-state index in [-0.39, 0.29) is 11.6 Å². The molecule has 4 nitrogen and oxygen atoms in total. The Morgan fingerprint density at radius 2 is 2.06 bits per heavy atom. The molecule has 0 radical (unpaired) electrons. The van der Waals surface area contributed by atoms with E-state index in [0.29, 0.717) is 11.4 Å². The van der Waals surface area contributed by atoms with Gasteiger partial charge >= 0.3 is 6.18 Å². The lowest BCUT2D eigenvalue weighted by atomic mass is 10.2. The normalized spacial score (nSPS) is 11.8. The summed E-state index contributed by atoms with van der Waals surface area (Å²) < 4.78 is 38.6. The van der Waals surface area contributed by atoms with Crippen LogP contribution in [-0.4, -0.2) is 14.8 Å². The van der Waals surface area contributed by atoms with Crippen molar-refractivity contribution in [1.82, 2.24) is 14.8 Å². The van der Waals surface area contributed by atoms with Crippen molar-refractivity contribution >= 4 is 17.3 Å². The first-order valence-corrected chi connectivity index (χ1v) is 5.23. The van der Waals surface area contributed by atoms with Gasteiger partial charge in [0, 0.05) is 12.4 Å². The number of nitrogen functional groups attached to an aromatic ring is 1. The Balaban J connectivity index is 2.25. The van der Waals surface area contributed by atoms with E-state index in [1.54, 1.807) is 0 Å². The second-order valence-corrected chi connectivity index (χ2v) is 4.03. The van der Waals surface area contributed by atoms with Crippen LogP contribution in [0.5, 0.6) is 0 Å². The summed E-state index contributed by atoms with van der Waals surface area (Å²) in [7, 11) is 0. The summed E-state index contributed by atoms with van der Waals surface area (Å²) >= 11 is 5.76. The highest BCUT2D eigenvalue weighted by atomic mass is 35.5. The zero-order valence-electron chi connectivity index (χ0n) is 8.95. The molecule has 0 aliphatic heterocycles. The van der Waals surface area contributed by atoms with Gasteiger partial charge in [0.25, 0.3) is 0 Å². The summed E-state index contributed by atoms with van der Waals surface area (Å²) in [4.78, 5) is 3.70. The molecular formula is C10H8ClF3N4. The van der Waals surface area contributed by atoms with Crippen molar-refractivity contribution in [2.45, 2.75) is 12.7 Å². The van der Waals surface area contributed by atoms with Crippen molar-refractivity contribution < 1.29 is 13.2 Å².